The van der Waals surface area contributed by atoms with Crippen molar-refractivity contribution in [1.82, 2.24) is 0 Å². The summed E-state index contributed by atoms with van der Waals surface area (Å²) in [6.07, 6.45) is 29.5. The van der Waals surface area contributed by atoms with Crippen molar-refractivity contribution in [3.05, 3.63) is 147 Å². The maximum Gasteiger partial charge on any atom is 0.673 e. The average Bonchev–Trinajstić information content (AvgIpc) is 3.19. The summed E-state index contributed by atoms with van der Waals surface area (Å²) in [5.74, 6) is 1.65. The summed E-state index contributed by atoms with van der Waals surface area (Å²) in [6.45, 7) is 0. The molecule has 3 saturated carbocycles. The van der Waals surface area contributed by atoms with Gasteiger partial charge in [0.15, 0.2) is 0 Å². The third-order valence-corrected chi connectivity index (χ3v) is 17.0. The van der Waals surface area contributed by atoms with Gasteiger partial charge in [-0.15, -0.1) is 0 Å². The molecule has 0 heterocycles. The normalized spacial score (nSPS) is 18.3. The summed E-state index contributed by atoms with van der Waals surface area (Å²) in [6, 6.07) is 46.6. The van der Waals surface area contributed by atoms with Gasteiger partial charge in [-0.2, -0.15) is 0 Å². The van der Waals surface area contributed by atoms with Gasteiger partial charge in [0.1, 0.15) is 0 Å². The van der Waals surface area contributed by atoms with Crippen LogP contribution in [-0.2, 0) is 19.5 Å². The zero-order chi connectivity index (χ0) is 37.9. The van der Waals surface area contributed by atoms with E-state index >= 15 is 0 Å². The molecular formula is C47H58BF4P2Rh-. The Hall–Kier alpha value is -1.85. The third kappa shape index (κ3) is 16.1. The van der Waals surface area contributed by atoms with Crippen LogP contribution in [0.25, 0.3) is 0 Å². The average molecular weight is 875 g/mol. The summed E-state index contributed by atoms with van der Waals surface area (Å²) in [4.78, 5) is 0. The van der Waals surface area contributed by atoms with Crippen LogP contribution in [0.5, 0.6) is 0 Å². The number of halogens is 4. The van der Waals surface area contributed by atoms with Crippen LogP contribution in [0.4, 0.5) is 17.3 Å². The molecule has 4 aromatic carbocycles. The molecule has 3 aliphatic carbocycles. The van der Waals surface area contributed by atoms with Gasteiger partial charge in [-0.3, -0.25) is 0 Å². The van der Waals surface area contributed by atoms with Crippen molar-refractivity contribution in [2.45, 2.75) is 108 Å². The first-order valence-electron chi connectivity index (χ1n) is 20.3. The van der Waals surface area contributed by atoms with Gasteiger partial charge < -0.3 is 17.3 Å². The van der Waals surface area contributed by atoms with Gasteiger partial charge in [-0.05, 0) is 144 Å². The Morgan fingerprint density at radius 1 is 0.418 bits per heavy atom. The van der Waals surface area contributed by atoms with Crippen molar-refractivity contribution in [2.24, 2.45) is 11.8 Å². The van der Waals surface area contributed by atoms with Crippen molar-refractivity contribution in [3.63, 3.8) is 0 Å². The molecule has 297 valence electrons. The summed E-state index contributed by atoms with van der Waals surface area (Å²) in [5.41, 5.74) is 1.44. The fourth-order valence-corrected chi connectivity index (χ4v) is 15.2. The second kappa shape index (κ2) is 25.5. The van der Waals surface area contributed by atoms with E-state index in [1.54, 1.807) is 21.2 Å². The molecule has 0 aromatic heterocycles. The summed E-state index contributed by atoms with van der Waals surface area (Å²) in [5, 5.41) is 6.32. The van der Waals surface area contributed by atoms with E-state index in [9.17, 15) is 17.3 Å². The van der Waals surface area contributed by atoms with Crippen LogP contribution >= 0.6 is 15.8 Å². The van der Waals surface area contributed by atoms with Crippen LogP contribution in [0.2, 0.25) is 0 Å². The Labute approximate surface area is 345 Å². The molecule has 0 nitrogen and oxygen atoms in total. The van der Waals surface area contributed by atoms with Crippen LogP contribution < -0.4 is 21.2 Å². The van der Waals surface area contributed by atoms with Gasteiger partial charge in [0.05, 0.1) is 0 Å². The van der Waals surface area contributed by atoms with E-state index < -0.39 is 23.1 Å². The Bertz CT molecular complexity index is 1320. The number of rotatable bonds is 10. The van der Waals surface area contributed by atoms with E-state index in [1.807, 2.05) is 0 Å². The fraction of sp³-hybridized carbons (Fsp3) is 0.404. The quantitative estimate of drug-likeness (QED) is 0.0846. The number of hydrogen-bond acceptors (Lipinski definition) is 0. The van der Waals surface area contributed by atoms with Gasteiger partial charge >= 0.3 is 7.25 Å². The number of hydrogen-bond donors (Lipinski definition) is 0. The minimum absolute atomic E-state index is 0. The van der Waals surface area contributed by atoms with Gasteiger partial charge in [-0.1, -0.05) is 160 Å². The first-order valence-corrected chi connectivity index (χ1v) is 23.2. The second-order valence-corrected chi connectivity index (χ2v) is 19.7. The van der Waals surface area contributed by atoms with Crippen molar-refractivity contribution in [3.8, 4) is 0 Å². The van der Waals surface area contributed by atoms with E-state index in [0.29, 0.717) is 0 Å². The van der Waals surface area contributed by atoms with Crippen molar-refractivity contribution in [2.75, 3.05) is 0 Å². The molecule has 7 rings (SSSR count). The summed E-state index contributed by atoms with van der Waals surface area (Å²) >= 11 is 0. The molecule has 0 saturated heterocycles. The van der Waals surface area contributed by atoms with Crippen LogP contribution in [0, 0.1) is 37.5 Å². The topological polar surface area (TPSA) is 0 Å². The molecule has 8 heteroatoms. The van der Waals surface area contributed by atoms with E-state index in [1.165, 1.54) is 96.3 Å². The van der Waals surface area contributed by atoms with E-state index in [4.69, 9.17) is 0 Å². The van der Waals surface area contributed by atoms with Crippen molar-refractivity contribution >= 4 is 44.3 Å². The van der Waals surface area contributed by atoms with Crippen LogP contribution in [0.1, 0.15) is 96.3 Å². The molecule has 55 heavy (non-hydrogen) atoms. The third-order valence-electron chi connectivity index (χ3n) is 11.0. The zero-order valence-electron chi connectivity index (χ0n) is 32.1. The maximum absolute atomic E-state index is 9.75. The predicted octanol–water partition coefficient (Wildman–Crippen LogP) is 13.2. The molecule has 3 fully saturated rings. The monoisotopic (exact) mass is 874 g/mol. The molecule has 0 spiro atoms. The summed E-state index contributed by atoms with van der Waals surface area (Å²) < 4.78 is 39.0. The zero-order valence-corrected chi connectivity index (χ0v) is 35.5. The minimum atomic E-state index is -6.00. The van der Waals surface area contributed by atoms with Crippen molar-refractivity contribution < 1.29 is 36.7 Å². The van der Waals surface area contributed by atoms with E-state index in [0.717, 1.165) is 23.2 Å². The SMILES string of the molecule is F[B-](F)(F)F.[CH]1[CH]CC[CH][CH]CC1.[Rh].c1ccc(P(c2ccccc2)[C@H](C[C@H](C2CCCCC2)P(c2ccccc2)c2ccccc2)C2CCCCC2)cc1. The van der Waals surface area contributed by atoms with E-state index in [-0.39, 0.29) is 19.5 Å². The first kappa shape index (κ1) is 45.8. The molecule has 5 radical (unpaired) electrons. The Morgan fingerprint density at radius 3 is 0.891 bits per heavy atom. The predicted molar refractivity (Wildman–Crippen MR) is 229 cm³/mol. The van der Waals surface area contributed by atoms with Gasteiger partial charge in [0.2, 0.25) is 0 Å². The molecular weight excluding hydrogens is 816 g/mol. The number of benzene rings is 4. The molecule has 4 aromatic rings. The largest absolute Gasteiger partial charge is 0.673 e. The standard InChI is InChI=1S/C39H46P2.C8H12.BF4.Rh/c1-7-19-32(20-8-1)38(40(34-23-11-3-12-24-34)35-25-13-4-14-26-35)31-39(33-21-9-2-10-22-33)41(36-27-15-5-16-28-36)37-29-17-6-18-30-37;1-2-4-6-8-7-5-3-1;2-1(3,4)5;/h3-6,11-18,23-30,32-33,38-39H,1-2,7-10,19-22,31H2;1-2,7-8H,3-6H2;;/q;;-1;/t38-,39-;;;/m1.../s1. The van der Waals surface area contributed by atoms with Gasteiger partial charge in [-0.25, -0.2) is 0 Å². The Morgan fingerprint density at radius 2 is 0.655 bits per heavy atom. The first-order chi connectivity index (χ1) is 26.4. The molecule has 0 unspecified atom stereocenters. The molecule has 3 aliphatic rings. The Kier molecular flexibility index (Phi) is 21.3. The van der Waals surface area contributed by atoms with Crippen LogP contribution in [0.15, 0.2) is 121 Å². The smallest absolute Gasteiger partial charge is 0.418 e. The molecule has 0 aliphatic heterocycles. The molecule has 2 atom stereocenters. The van der Waals surface area contributed by atoms with Crippen molar-refractivity contribution in [1.29, 1.82) is 0 Å². The van der Waals surface area contributed by atoms with Gasteiger partial charge in [0.25, 0.3) is 0 Å². The molecule has 0 N–H and O–H groups in total. The second-order valence-electron chi connectivity index (χ2n) is 14.8. The molecule has 0 amide bonds. The van der Waals surface area contributed by atoms with E-state index in [2.05, 4.69) is 147 Å². The Balaban J connectivity index is 0.000000410. The van der Waals surface area contributed by atoms with Crippen LogP contribution in [-0.4, -0.2) is 18.6 Å². The van der Waals surface area contributed by atoms with Gasteiger partial charge in [0, 0.05) is 19.5 Å². The van der Waals surface area contributed by atoms with Crippen LogP contribution in [0.3, 0.4) is 0 Å². The summed E-state index contributed by atoms with van der Waals surface area (Å²) in [7, 11) is -6.89. The molecule has 0 bridgehead atoms. The maximum atomic E-state index is 9.75. The minimum Gasteiger partial charge on any atom is -0.418 e. The fourth-order valence-electron chi connectivity index (χ4n) is 8.58.